The zero-order valence-corrected chi connectivity index (χ0v) is 20.2. The van der Waals surface area contributed by atoms with E-state index in [-0.39, 0.29) is 24.5 Å². The highest BCUT2D eigenvalue weighted by molar-refractivity contribution is 5.95. The molecule has 1 N–H and O–H groups in total. The summed E-state index contributed by atoms with van der Waals surface area (Å²) in [7, 11) is 3.20. The van der Waals surface area contributed by atoms with Gasteiger partial charge in [0.1, 0.15) is 11.5 Å². The number of carbonyl (C=O) groups excluding carboxylic acids is 2. The SMILES string of the molecule is COc1ccc(C(=O)N2CC(C(=O)NCc3ccc4c(c3)OCO4)C(c3ccc(OC)cc3)C2)cc1. The van der Waals surface area contributed by atoms with Crippen LogP contribution in [-0.2, 0) is 11.3 Å². The number of fused-ring (bicyclic) bond motifs is 1. The molecule has 0 aliphatic carbocycles. The van der Waals surface area contributed by atoms with Crippen molar-refractivity contribution < 1.29 is 28.5 Å². The lowest BCUT2D eigenvalue weighted by molar-refractivity contribution is -0.125. The van der Waals surface area contributed by atoms with Crippen LogP contribution in [0.25, 0.3) is 0 Å². The van der Waals surface area contributed by atoms with E-state index < -0.39 is 5.92 Å². The zero-order chi connectivity index (χ0) is 25.1. The van der Waals surface area contributed by atoms with Crippen LogP contribution in [-0.4, -0.2) is 50.8 Å². The summed E-state index contributed by atoms with van der Waals surface area (Å²) < 4.78 is 21.3. The van der Waals surface area contributed by atoms with Crippen molar-refractivity contribution in [3.8, 4) is 23.0 Å². The van der Waals surface area contributed by atoms with E-state index in [1.54, 1.807) is 43.4 Å². The van der Waals surface area contributed by atoms with Crippen LogP contribution >= 0.6 is 0 Å². The average molecular weight is 489 g/mol. The molecule has 1 saturated heterocycles. The fourth-order valence-corrected chi connectivity index (χ4v) is 4.71. The van der Waals surface area contributed by atoms with Crippen molar-refractivity contribution >= 4 is 11.8 Å². The number of nitrogens with zero attached hydrogens (tertiary/aromatic N) is 1. The summed E-state index contributed by atoms with van der Waals surface area (Å²) in [5.74, 6) is 2.06. The standard InChI is InChI=1S/C28H28N2O6/c1-33-21-8-4-19(5-9-21)23-15-30(28(32)20-6-10-22(34-2)11-7-20)16-24(23)27(31)29-14-18-3-12-25-26(13-18)36-17-35-25/h3-13,23-24H,14-17H2,1-2H3,(H,29,31). The van der Waals surface area contributed by atoms with Crippen LogP contribution < -0.4 is 24.3 Å². The second-order valence-corrected chi connectivity index (χ2v) is 8.83. The number of methoxy groups -OCH3 is 2. The van der Waals surface area contributed by atoms with Crippen LogP contribution in [0.3, 0.4) is 0 Å². The van der Waals surface area contributed by atoms with E-state index in [4.69, 9.17) is 18.9 Å². The van der Waals surface area contributed by atoms with Gasteiger partial charge in [0.05, 0.1) is 20.1 Å². The minimum atomic E-state index is -0.394. The van der Waals surface area contributed by atoms with Gasteiger partial charge in [-0.05, 0) is 59.7 Å². The topological polar surface area (TPSA) is 86.3 Å². The Morgan fingerprint density at radius 1 is 0.889 bits per heavy atom. The number of rotatable bonds is 7. The van der Waals surface area contributed by atoms with Gasteiger partial charge in [-0.1, -0.05) is 18.2 Å². The molecule has 2 atom stereocenters. The van der Waals surface area contributed by atoms with Gasteiger partial charge in [0.2, 0.25) is 12.7 Å². The maximum atomic E-state index is 13.4. The molecule has 186 valence electrons. The van der Waals surface area contributed by atoms with E-state index in [9.17, 15) is 9.59 Å². The van der Waals surface area contributed by atoms with Gasteiger partial charge in [0.15, 0.2) is 11.5 Å². The molecule has 8 nitrogen and oxygen atoms in total. The summed E-state index contributed by atoms with van der Waals surface area (Å²) in [5, 5.41) is 3.05. The van der Waals surface area contributed by atoms with Gasteiger partial charge in [-0.2, -0.15) is 0 Å². The molecule has 8 heteroatoms. The smallest absolute Gasteiger partial charge is 0.253 e. The molecule has 0 spiro atoms. The van der Waals surface area contributed by atoms with Crippen molar-refractivity contribution in [1.29, 1.82) is 0 Å². The first-order valence-corrected chi connectivity index (χ1v) is 11.8. The number of ether oxygens (including phenoxy) is 4. The monoisotopic (exact) mass is 488 g/mol. The average Bonchev–Trinajstić information content (AvgIpc) is 3.59. The van der Waals surface area contributed by atoms with Crippen molar-refractivity contribution in [1.82, 2.24) is 10.2 Å². The number of amides is 2. The van der Waals surface area contributed by atoms with Gasteiger partial charge in [0, 0.05) is 31.1 Å². The van der Waals surface area contributed by atoms with Crippen LogP contribution in [0, 0.1) is 5.92 Å². The molecule has 0 bridgehead atoms. The van der Waals surface area contributed by atoms with E-state index >= 15 is 0 Å². The first-order chi connectivity index (χ1) is 17.6. The minimum absolute atomic E-state index is 0.0986. The second kappa shape index (κ2) is 10.2. The molecule has 0 aromatic heterocycles. The fourth-order valence-electron chi connectivity index (χ4n) is 4.71. The molecule has 2 aliphatic heterocycles. The van der Waals surface area contributed by atoms with E-state index in [0.29, 0.717) is 42.4 Å². The van der Waals surface area contributed by atoms with E-state index in [2.05, 4.69) is 5.32 Å². The van der Waals surface area contributed by atoms with Crippen LogP contribution in [0.4, 0.5) is 0 Å². The lowest BCUT2D eigenvalue weighted by Crippen LogP contribution is -2.35. The van der Waals surface area contributed by atoms with E-state index in [1.807, 2.05) is 42.5 Å². The summed E-state index contributed by atoms with van der Waals surface area (Å²) in [6.07, 6.45) is 0. The van der Waals surface area contributed by atoms with Crippen LogP contribution in [0.15, 0.2) is 66.7 Å². The Morgan fingerprint density at radius 2 is 1.56 bits per heavy atom. The lowest BCUT2D eigenvalue weighted by Gasteiger charge is -2.18. The number of nitrogens with one attached hydrogen (secondary N) is 1. The molecular weight excluding hydrogens is 460 g/mol. The molecule has 2 aliphatic rings. The Hall–Kier alpha value is -4.20. The molecule has 2 unspecified atom stereocenters. The van der Waals surface area contributed by atoms with Crippen molar-refractivity contribution in [2.45, 2.75) is 12.5 Å². The van der Waals surface area contributed by atoms with Gasteiger partial charge >= 0.3 is 0 Å². The highest BCUT2D eigenvalue weighted by Gasteiger charge is 2.40. The number of likely N-dealkylation sites (tertiary alicyclic amines) is 1. The summed E-state index contributed by atoms with van der Waals surface area (Å²) >= 11 is 0. The van der Waals surface area contributed by atoms with Crippen LogP contribution in [0.1, 0.15) is 27.4 Å². The largest absolute Gasteiger partial charge is 0.497 e. The number of hydrogen-bond donors (Lipinski definition) is 1. The van der Waals surface area contributed by atoms with Gasteiger partial charge in [-0.25, -0.2) is 0 Å². The molecule has 2 heterocycles. The van der Waals surface area contributed by atoms with Crippen LogP contribution in [0.5, 0.6) is 23.0 Å². The van der Waals surface area contributed by atoms with E-state index in [0.717, 1.165) is 16.9 Å². The molecule has 3 aromatic rings. The normalized spacial score (nSPS) is 18.1. The summed E-state index contributed by atoms with van der Waals surface area (Å²) in [6.45, 7) is 1.33. The van der Waals surface area contributed by atoms with Gasteiger partial charge in [0.25, 0.3) is 5.91 Å². The van der Waals surface area contributed by atoms with Crippen molar-refractivity contribution in [3.05, 3.63) is 83.4 Å². The van der Waals surface area contributed by atoms with Gasteiger partial charge < -0.3 is 29.2 Å². The van der Waals surface area contributed by atoms with Gasteiger partial charge in [-0.3, -0.25) is 9.59 Å². The Labute approximate surface area is 209 Å². The number of hydrogen-bond acceptors (Lipinski definition) is 6. The summed E-state index contributed by atoms with van der Waals surface area (Å²) in [4.78, 5) is 28.4. The highest BCUT2D eigenvalue weighted by Crippen LogP contribution is 2.35. The lowest BCUT2D eigenvalue weighted by atomic mass is 9.88. The predicted octanol–water partition coefficient (Wildman–Crippen LogP) is 3.60. The second-order valence-electron chi connectivity index (χ2n) is 8.83. The minimum Gasteiger partial charge on any atom is -0.497 e. The first kappa shape index (κ1) is 23.5. The Bertz CT molecular complexity index is 1240. The molecule has 2 amide bonds. The van der Waals surface area contributed by atoms with E-state index in [1.165, 1.54) is 0 Å². The molecular formula is C28H28N2O6. The highest BCUT2D eigenvalue weighted by atomic mass is 16.7. The first-order valence-electron chi connectivity index (χ1n) is 11.8. The Balaban J connectivity index is 1.33. The summed E-state index contributed by atoms with van der Waals surface area (Å²) in [5.41, 5.74) is 2.47. The van der Waals surface area contributed by atoms with Crippen LogP contribution in [0.2, 0.25) is 0 Å². The molecule has 0 radical (unpaired) electrons. The number of benzene rings is 3. The molecule has 36 heavy (non-hydrogen) atoms. The maximum absolute atomic E-state index is 13.4. The molecule has 5 rings (SSSR count). The van der Waals surface area contributed by atoms with Crippen molar-refractivity contribution in [3.63, 3.8) is 0 Å². The third kappa shape index (κ3) is 4.79. The predicted molar refractivity (Wildman–Crippen MR) is 133 cm³/mol. The third-order valence-corrected chi connectivity index (χ3v) is 6.73. The van der Waals surface area contributed by atoms with Gasteiger partial charge in [-0.15, -0.1) is 0 Å². The fraction of sp³-hybridized carbons (Fsp3) is 0.286. The Kier molecular flexibility index (Phi) is 6.66. The quantitative estimate of drug-likeness (QED) is 0.547. The molecule has 1 fully saturated rings. The van der Waals surface area contributed by atoms with Crippen molar-refractivity contribution in [2.24, 2.45) is 5.92 Å². The van der Waals surface area contributed by atoms with Crippen molar-refractivity contribution in [2.75, 3.05) is 34.1 Å². The third-order valence-electron chi connectivity index (χ3n) is 6.73. The maximum Gasteiger partial charge on any atom is 0.253 e. The summed E-state index contributed by atoms with van der Waals surface area (Å²) in [6, 6.07) is 20.3. The molecule has 0 saturated carbocycles. The number of carbonyl (C=O) groups is 2. The zero-order valence-electron chi connectivity index (χ0n) is 20.2. The molecule has 3 aromatic carbocycles. The Morgan fingerprint density at radius 3 is 2.25 bits per heavy atom.